The van der Waals surface area contributed by atoms with Gasteiger partial charge in [0.15, 0.2) is 0 Å². The van der Waals surface area contributed by atoms with Gasteiger partial charge in [-0.2, -0.15) is 0 Å². The number of benzene rings is 1. The highest BCUT2D eigenvalue weighted by Crippen LogP contribution is 2.17. The van der Waals surface area contributed by atoms with E-state index in [0.29, 0.717) is 6.54 Å². The normalized spacial score (nSPS) is 10.4. The highest BCUT2D eigenvalue weighted by atomic mass is 16.1. The van der Waals surface area contributed by atoms with Crippen LogP contribution in [-0.2, 0) is 4.79 Å². The molecule has 0 aliphatic heterocycles. The Bertz CT molecular complexity index is 386. The molecule has 3 nitrogen and oxygen atoms in total. The molecule has 0 heterocycles. The summed E-state index contributed by atoms with van der Waals surface area (Å²) in [6.07, 6.45) is 0. The lowest BCUT2D eigenvalue weighted by Crippen LogP contribution is -2.31. The van der Waals surface area contributed by atoms with Gasteiger partial charge in [0.05, 0.1) is 0 Å². The topological polar surface area (TPSA) is 41.1 Å². The average molecular weight is 234 g/mol. The second kappa shape index (κ2) is 6.28. The van der Waals surface area contributed by atoms with Crippen molar-refractivity contribution in [1.82, 2.24) is 5.32 Å². The molecule has 1 amide bonds. The van der Waals surface area contributed by atoms with Gasteiger partial charge in [0.25, 0.3) is 0 Å². The number of nitrogens with one attached hydrogen (secondary N) is 2. The molecule has 0 spiro atoms. The zero-order valence-corrected chi connectivity index (χ0v) is 11.1. The molecule has 0 fully saturated rings. The van der Waals surface area contributed by atoms with Crippen molar-refractivity contribution >= 4 is 11.6 Å². The molecule has 0 atom stereocenters. The summed E-state index contributed by atoms with van der Waals surface area (Å²) >= 11 is 0. The van der Waals surface area contributed by atoms with Gasteiger partial charge in [0, 0.05) is 24.7 Å². The Kier molecular flexibility index (Phi) is 5.01. The first-order chi connectivity index (χ1) is 8.02. The van der Waals surface area contributed by atoms with Crippen LogP contribution < -0.4 is 10.6 Å². The number of aryl methyl sites for hydroxylation is 1. The van der Waals surface area contributed by atoms with Crippen LogP contribution >= 0.6 is 0 Å². The summed E-state index contributed by atoms with van der Waals surface area (Å²) < 4.78 is 0. The van der Waals surface area contributed by atoms with Crippen molar-refractivity contribution in [2.24, 2.45) is 5.92 Å². The van der Waals surface area contributed by atoms with Gasteiger partial charge >= 0.3 is 0 Å². The van der Waals surface area contributed by atoms with Crippen molar-refractivity contribution in [2.75, 3.05) is 18.4 Å². The lowest BCUT2D eigenvalue weighted by molar-refractivity contribution is -0.123. The highest BCUT2D eigenvalue weighted by Gasteiger charge is 2.05. The van der Waals surface area contributed by atoms with Crippen molar-refractivity contribution in [3.05, 3.63) is 29.3 Å². The summed E-state index contributed by atoms with van der Waals surface area (Å²) in [5.74, 6) is 0.156. The Morgan fingerprint density at radius 1 is 1.24 bits per heavy atom. The van der Waals surface area contributed by atoms with Crippen molar-refractivity contribution < 1.29 is 4.79 Å². The quantitative estimate of drug-likeness (QED) is 0.768. The van der Waals surface area contributed by atoms with E-state index in [1.54, 1.807) is 0 Å². The van der Waals surface area contributed by atoms with E-state index in [1.807, 2.05) is 19.9 Å². The van der Waals surface area contributed by atoms with Gasteiger partial charge in [-0.05, 0) is 31.0 Å². The van der Waals surface area contributed by atoms with Crippen LogP contribution in [0.5, 0.6) is 0 Å². The molecule has 2 N–H and O–H groups in total. The molecule has 1 aromatic carbocycles. The standard InChI is InChI=1S/C14H22N2O/c1-10(2)14(17)16-9-8-15-13-7-5-6-11(3)12(13)4/h5-7,10,15H,8-9H2,1-4H3,(H,16,17). The van der Waals surface area contributed by atoms with Gasteiger partial charge in [-0.1, -0.05) is 26.0 Å². The molecule has 0 unspecified atom stereocenters. The first-order valence-electron chi connectivity index (χ1n) is 6.10. The summed E-state index contributed by atoms with van der Waals surface area (Å²) in [7, 11) is 0. The van der Waals surface area contributed by atoms with Crippen LogP contribution in [-0.4, -0.2) is 19.0 Å². The number of amides is 1. The summed E-state index contributed by atoms with van der Waals surface area (Å²) in [6.45, 7) is 9.40. The number of rotatable bonds is 5. The molecule has 1 aromatic rings. The molecular formula is C14H22N2O. The third-order valence-corrected chi connectivity index (χ3v) is 2.87. The summed E-state index contributed by atoms with van der Waals surface area (Å²) in [5.41, 5.74) is 3.69. The van der Waals surface area contributed by atoms with Crippen LogP contribution in [0.15, 0.2) is 18.2 Å². The average Bonchev–Trinajstić information content (AvgIpc) is 2.29. The molecule has 0 aromatic heterocycles. The maximum Gasteiger partial charge on any atom is 0.222 e. The Labute approximate surface area is 104 Å². The number of hydrogen-bond acceptors (Lipinski definition) is 2. The second-order valence-electron chi connectivity index (χ2n) is 4.62. The highest BCUT2D eigenvalue weighted by molar-refractivity contribution is 5.77. The molecule has 3 heteroatoms. The zero-order valence-electron chi connectivity index (χ0n) is 11.1. The van der Waals surface area contributed by atoms with Crippen LogP contribution in [0, 0.1) is 19.8 Å². The van der Waals surface area contributed by atoms with Crippen molar-refractivity contribution in [3.8, 4) is 0 Å². The van der Waals surface area contributed by atoms with Gasteiger partial charge in [-0.25, -0.2) is 0 Å². The minimum Gasteiger partial charge on any atom is -0.383 e. The number of carbonyl (C=O) groups is 1. The van der Waals surface area contributed by atoms with Gasteiger partial charge < -0.3 is 10.6 Å². The monoisotopic (exact) mass is 234 g/mol. The minimum atomic E-state index is 0.0516. The maximum absolute atomic E-state index is 11.3. The first-order valence-corrected chi connectivity index (χ1v) is 6.10. The molecule has 94 valence electrons. The summed E-state index contributed by atoms with van der Waals surface area (Å²) in [6, 6.07) is 6.20. The smallest absolute Gasteiger partial charge is 0.222 e. The van der Waals surface area contributed by atoms with Gasteiger partial charge in [0.1, 0.15) is 0 Å². The van der Waals surface area contributed by atoms with Crippen LogP contribution in [0.4, 0.5) is 5.69 Å². The van der Waals surface area contributed by atoms with Crippen LogP contribution in [0.25, 0.3) is 0 Å². The van der Waals surface area contributed by atoms with E-state index < -0.39 is 0 Å². The number of hydrogen-bond donors (Lipinski definition) is 2. The Morgan fingerprint density at radius 2 is 1.94 bits per heavy atom. The predicted octanol–water partition coefficient (Wildman–Crippen LogP) is 2.49. The fourth-order valence-corrected chi connectivity index (χ4v) is 1.53. The molecule has 0 aliphatic carbocycles. The predicted molar refractivity (Wildman–Crippen MR) is 72.3 cm³/mol. The molecule has 0 saturated heterocycles. The Morgan fingerprint density at radius 3 is 2.59 bits per heavy atom. The lowest BCUT2D eigenvalue weighted by atomic mass is 10.1. The van der Waals surface area contributed by atoms with E-state index in [9.17, 15) is 4.79 Å². The lowest BCUT2D eigenvalue weighted by Gasteiger charge is -2.12. The van der Waals surface area contributed by atoms with Crippen molar-refractivity contribution in [1.29, 1.82) is 0 Å². The maximum atomic E-state index is 11.3. The van der Waals surface area contributed by atoms with Crippen LogP contribution in [0.1, 0.15) is 25.0 Å². The minimum absolute atomic E-state index is 0.0516. The van der Waals surface area contributed by atoms with E-state index >= 15 is 0 Å². The second-order valence-corrected chi connectivity index (χ2v) is 4.62. The number of carbonyl (C=O) groups excluding carboxylic acids is 1. The van der Waals surface area contributed by atoms with Crippen molar-refractivity contribution in [2.45, 2.75) is 27.7 Å². The fourth-order valence-electron chi connectivity index (χ4n) is 1.53. The molecule has 0 bridgehead atoms. The van der Waals surface area contributed by atoms with Gasteiger partial charge in [0.2, 0.25) is 5.91 Å². The van der Waals surface area contributed by atoms with Crippen LogP contribution in [0.2, 0.25) is 0 Å². The number of anilines is 1. The van der Waals surface area contributed by atoms with Gasteiger partial charge in [-0.3, -0.25) is 4.79 Å². The molecule has 1 rings (SSSR count). The van der Waals surface area contributed by atoms with Gasteiger partial charge in [-0.15, -0.1) is 0 Å². The third kappa shape index (κ3) is 4.10. The van der Waals surface area contributed by atoms with Crippen molar-refractivity contribution in [3.63, 3.8) is 0 Å². The Balaban J connectivity index is 2.36. The third-order valence-electron chi connectivity index (χ3n) is 2.87. The molecule has 0 aliphatic rings. The Hall–Kier alpha value is -1.51. The largest absolute Gasteiger partial charge is 0.383 e. The summed E-state index contributed by atoms with van der Waals surface area (Å²) in [4.78, 5) is 11.3. The molecular weight excluding hydrogens is 212 g/mol. The fraction of sp³-hybridized carbons (Fsp3) is 0.500. The van der Waals surface area contributed by atoms with E-state index in [4.69, 9.17) is 0 Å². The SMILES string of the molecule is Cc1cccc(NCCNC(=O)C(C)C)c1C. The van der Waals surface area contributed by atoms with E-state index in [1.165, 1.54) is 11.1 Å². The van der Waals surface area contributed by atoms with E-state index in [2.05, 4.69) is 36.6 Å². The molecule has 0 saturated carbocycles. The van der Waals surface area contributed by atoms with Crippen LogP contribution in [0.3, 0.4) is 0 Å². The summed E-state index contributed by atoms with van der Waals surface area (Å²) in [5, 5.41) is 6.22. The zero-order chi connectivity index (χ0) is 12.8. The first kappa shape index (κ1) is 13.6. The van der Waals surface area contributed by atoms with E-state index in [-0.39, 0.29) is 11.8 Å². The van der Waals surface area contributed by atoms with E-state index in [0.717, 1.165) is 12.2 Å². The molecule has 17 heavy (non-hydrogen) atoms. The molecule has 0 radical (unpaired) electrons.